The van der Waals surface area contributed by atoms with E-state index in [-0.39, 0.29) is 0 Å². The van der Waals surface area contributed by atoms with Crippen LogP contribution in [0.3, 0.4) is 0 Å². The predicted molar refractivity (Wildman–Crippen MR) is 59.0 cm³/mol. The third-order valence-electron chi connectivity index (χ3n) is 1.87. The summed E-state index contributed by atoms with van der Waals surface area (Å²) in [5.74, 6) is 1.10. The number of hydrogen-bond donors (Lipinski definition) is 1. The van der Waals surface area contributed by atoms with Gasteiger partial charge in [-0.1, -0.05) is 13.0 Å². The standard InChI is InChI=1S/C10H16N2S/c1-3-12-10(8-13-2)9-5-4-6-11-7-9/h4-7,10,12H,3,8H2,1-2H3. The van der Waals surface area contributed by atoms with Crippen LogP contribution in [0.4, 0.5) is 0 Å². The molecule has 1 N–H and O–H groups in total. The molecule has 13 heavy (non-hydrogen) atoms. The molecule has 0 saturated heterocycles. The largest absolute Gasteiger partial charge is 0.309 e. The topological polar surface area (TPSA) is 24.9 Å². The Bertz CT molecular complexity index is 220. The second-order valence-electron chi connectivity index (χ2n) is 2.85. The highest BCUT2D eigenvalue weighted by molar-refractivity contribution is 7.98. The Labute approximate surface area is 84.1 Å². The Morgan fingerprint density at radius 1 is 1.62 bits per heavy atom. The van der Waals surface area contributed by atoms with E-state index in [0.717, 1.165) is 12.3 Å². The summed E-state index contributed by atoms with van der Waals surface area (Å²) < 4.78 is 0. The maximum atomic E-state index is 4.12. The fourth-order valence-corrected chi connectivity index (χ4v) is 1.91. The average molecular weight is 196 g/mol. The minimum atomic E-state index is 0.439. The first-order valence-corrected chi connectivity index (χ1v) is 5.90. The van der Waals surface area contributed by atoms with Crippen LogP contribution in [0.5, 0.6) is 0 Å². The van der Waals surface area contributed by atoms with Gasteiger partial charge >= 0.3 is 0 Å². The van der Waals surface area contributed by atoms with Gasteiger partial charge in [-0.3, -0.25) is 4.98 Å². The predicted octanol–water partition coefficient (Wildman–Crippen LogP) is 2.10. The lowest BCUT2D eigenvalue weighted by Gasteiger charge is -2.16. The summed E-state index contributed by atoms with van der Waals surface area (Å²) in [7, 11) is 0. The van der Waals surface area contributed by atoms with Crippen LogP contribution in [-0.2, 0) is 0 Å². The van der Waals surface area contributed by atoms with E-state index in [9.17, 15) is 0 Å². The number of hydrogen-bond acceptors (Lipinski definition) is 3. The molecule has 0 radical (unpaired) electrons. The molecule has 0 aliphatic carbocycles. The summed E-state index contributed by atoms with van der Waals surface area (Å²) in [6.07, 6.45) is 5.87. The van der Waals surface area contributed by atoms with Crippen LogP contribution < -0.4 is 5.32 Å². The zero-order valence-electron chi connectivity index (χ0n) is 8.16. The molecule has 2 nitrogen and oxygen atoms in total. The molecule has 1 heterocycles. The van der Waals surface area contributed by atoms with Gasteiger partial charge < -0.3 is 5.32 Å². The molecule has 1 rings (SSSR count). The van der Waals surface area contributed by atoms with Gasteiger partial charge in [-0.25, -0.2) is 0 Å². The van der Waals surface area contributed by atoms with Gasteiger partial charge in [0.1, 0.15) is 0 Å². The fraction of sp³-hybridized carbons (Fsp3) is 0.500. The van der Waals surface area contributed by atoms with E-state index >= 15 is 0 Å². The monoisotopic (exact) mass is 196 g/mol. The highest BCUT2D eigenvalue weighted by Crippen LogP contribution is 2.15. The summed E-state index contributed by atoms with van der Waals surface area (Å²) in [6.45, 7) is 3.13. The van der Waals surface area contributed by atoms with Gasteiger partial charge in [-0.15, -0.1) is 0 Å². The number of aromatic nitrogens is 1. The lowest BCUT2D eigenvalue weighted by molar-refractivity contribution is 0.604. The number of nitrogens with one attached hydrogen (secondary N) is 1. The van der Waals surface area contributed by atoms with Crippen LogP contribution >= 0.6 is 11.8 Å². The first-order valence-electron chi connectivity index (χ1n) is 4.50. The van der Waals surface area contributed by atoms with Crippen molar-refractivity contribution < 1.29 is 0 Å². The second kappa shape index (κ2) is 6.00. The second-order valence-corrected chi connectivity index (χ2v) is 3.76. The van der Waals surface area contributed by atoms with Gasteiger partial charge in [-0.05, 0) is 24.4 Å². The summed E-state index contributed by atoms with van der Waals surface area (Å²) >= 11 is 1.85. The first-order chi connectivity index (χ1) is 6.38. The first kappa shape index (κ1) is 10.5. The zero-order chi connectivity index (χ0) is 9.52. The molecule has 0 fully saturated rings. The van der Waals surface area contributed by atoms with E-state index in [1.165, 1.54) is 5.56 Å². The summed E-state index contributed by atoms with van der Waals surface area (Å²) in [5.41, 5.74) is 1.28. The lowest BCUT2D eigenvalue weighted by Crippen LogP contribution is -2.22. The van der Waals surface area contributed by atoms with Gasteiger partial charge in [0.05, 0.1) is 0 Å². The highest BCUT2D eigenvalue weighted by atomic mass is 32.2. The van der Waals surface area contributed by atoms with Crippen LogP contribution in [0.15, 0.2) is 24.5 Å². The molecule has 3 heteroatoms. The molecule has 0 aliphatic heterocycles. The summed E-state index contributed by atoms with van der Waals surface area (Å²) in [4.78, 5) is 4.12. The van der Waals surface area contributed by atoms with E-state index in [0.29, 0.717) is 6.04 Å². The number of pyridine rings is 1. The maximum absolute atomic E-state index is 4.12. The third kappa shape index (κ3) is 3.36. The van der Waals surface area contributed by atoms with Crippen LogP contribution in [0.25, 0.3) is 0 Å². The molecule has 0 aromatic carbocycles. The van der Waals surface area contributed by atoms with Gasteiger partial charge in [0.2, 0.25) is 0 Å². The van der Waals surface area contributed by atoms with Crippen LogP contribution in [0.1, 0.15) is 18.5 Å². The van der Waals surface area contributed by atoms with Gasteiger partial charge in [0.15, 0.2) is 0 Å². The number of rotatable bonds is 5. The normalized spacial score (nSPS) is 12.8. The minimum Gasteiger partial charge on any atom is -0.309 e. The summed E-state index contributed by atoms with van der Waals surface area (Å²) in [6, 6.07) is 4.55. The molecular formula is C10H16N2S. The molecule has 0 spiro atoms. The molecule has 0 saturated carbocycles. The van der Waals surface area contributed by atoms with E-state index in [1.54, 1.807) is 0 Å². The van der Waals surface area contributed by atoms with Crippen molar-refractivity contribution in [1.82, 2.24) is 10.3 Å². The Morgan fingerprint density at radius 2 is 2.46 bits per heavy atom. The van der Waals surface area contributed by atoms with E-state index < -0.39 is 0 Å². The molecule has 72 valence electrons. The maximum Gasteiger partial charge on any atom is 0.0427 e. The SMILES string of the molecule is CCNC(CSC)c1cccnc1. The van der Waals surface area contributed by atoms with Crippen LogP contribution in [0.2, 0.25) is 0 Å². The van der Waals surface area contributed by atoms with Gasteiger partial charge in [0.25, 0.3) is 0 Å². The van der Waals surface area contributed by atoms with Crippen molar-refractivity contribution >= 4 is 11.8 Å². The molecule has 0 aliphatic rings. The third-order valence-corrected chi connectivity index (χ3v) is 2.54. The Morgan fingerprint density at radius 3 is 3.00 bits per heavy atom. The van der Waals surface area contributed by atoms with Crippen molar-refractivity contribution in [2.24, 2.45) is 0 Å². The van der Waals surface area contributed by atoms with Crippen molar-refractivity contribution in [3.8, 4) is 0 Å². The molecule has 1 aromatic rings. The molecular weight excluding hydrogens is 180 g/mol. The fourth-order valence-electron chi connectivity index (χ4n) is 1.27. The van der Waals surface area contributed by atoms with Gasteiger partial charge in [-0.2, -0.15) is 11.8 Å². The number of nitrogens with zero attached hydrogens (tertiary/aromatic N) is 1. The Balaban J connectivity index is 2.64. The van der Waals surface area contributed by atoms with Crippen molar-refractivity contribution in [3.05, 3.63) is 30.1 Å². The van der Waals surface area contributed by atoms with E-state index in [1.807, 2.05) is 30.2 Å². The van der Waals surface area contributed by atoms with Crippen LogP contribution in [0, 0.1) is 0 Å². The Hall–Kier alpha value is -0.540. The zero-order valence-corrected chi connectivity index (χ0v) is 8.97. The Kier molecular flexibility index (Phi) is 4.86. The molecule has 0 amide bonds. The van der Waals surface area contributed by atoms with Crippen molar-refractivity contribution in [1.29, 1.82) is 0 Å². The average Bonchev–Trinajstić information content (AvgIpc) is 2.19. The molecule has 0 bridgehead atoms. The molecule has 1 aromatic heterocycles. The van der Waals surface area contributed by atoms with Crippen LogP contribution in [-0.4, -0.2) is 23.5 Å². The molecule has 1 unspecified atom stereocenters. The van der Waals surface area contributed by atoms with Crippen molar-refractivity contribution in [2.75, 3.05) is 18.6 Å². The number of thioether (sulfide) groups is 1. The van der Waals surface area contributed by atoms with Gasteiger partial charge in [0, 0.05) is 24.2 Å². The minimum absolute atomic E-state index is 0.439. The summed E-state index contributed by atoms with van der Waals surface area (Å²) in [5, 5.41) is 3.44. The highest BCUT2D eigenvalue weighted by Gasteiger charge is 2.08. The van der Waals surface area contributed by atoms with Crippen molar-refractivity contribution in [3.63, 3.8) is 0 Å². The smallest absolute Gasteiger partial charge is 0.0427 e. The lowest BCUT2D eigenvalue weighted by atomic mass is 10.1. The quantitative estimate of drug-likeness (QED) is 0.780. The van der Waals surface area contributed by atoms with E-state index in [4.69, 9.17) is 0 Å². The van der Waals surface area contributed by atoms with Crippen molar-refractivity contribution in [2.45, 2.75) is 13.0 Å². The van der Waals surface area contributed by atoms with E-state index in [2.05, 4.69) is 29.5 Å². The molecule has 1 atom stereocenters.